The number of carbonyl (C=O) groups is 2. The summed E-state index contributed by atoms with van der Waals surface area (Å²) in [6.45, 7) is 0.829. The molecule has 0 spiro atoms. The van der Waals surface area contributed by atoms with Crippen LogP contribution in [0.1, 0.15) is 40.7 Å². The number of nitrogens with zero attached hydrogens (tertiary/aromatic N) is 1. The molecule has 2 N–H and O–H groups in total. The highest BCUT2D eigenvalue weighted by Crippen LogP contribution is 2.43. The van der Waals surface area contributed by atoms with Crippen LogP contribution in [0.3, 0.4) is 0 Å². The third kappa shape index (κ3) is 3.59. The van der Waals surface area contributed by atoms with E-state index in [9.17, 15) is 27.2 Å². The van der Waals surface area contributed by atoms with Gasteiger partial charge in [-0.15, -0.1) is 0 Å². The molecule has 0 unspecified atom stereocenters. The Labute approximate surface area is 170 Å². The molecule has 1 saturated carbocycles. The van der Waals surface area contributed by atoms with E-state index >= 15 is 0 Å². The maximum atomic E-state index is 14.4. The van der Waals surface area contributed by atoms with Gasteiger partial charge in [-0.2, -0.15) is 13.2 Å². The predicted octanol–water partition coefficient (Wildman–Crippen LogP) is 4.18. The smallest absolute Gasteiger partial charge is 0.342 e. The fraction of sp³-hybridized carbons (Fsp3) is 0.333. The molecule has 1 aliphatic heterocycles. The van der Waals surface area contributed by atoms with Crippen LogP contribution in [0.5, 0.6) is 0 Å². The van der Waals surface area contributed by atoms with Gasteiger partial charge in [-0.25, -0.2) is 9.18 Å². The molecule has 2 aromatic rings. The number of benzene rings is 2. The van der Waals surface area contributed by atoms with E-state index in [-0.39, 0.29) is 11.6 Å². The van der Waals surface area contributed by atoms with Gasteiger partial charge in [0.2, 0.25) is 0 Å². The highest BCUT2D eigenvalue weighted by Gasteiger charge is 2.42. The van der Waals surface area contributed by atoms with E-state index in [2.05, 4.69) is 10.6 Å². The molecule has 0 aromatic heterocycles. The highest BCUT2D eigenvalue weighted by molar-refractivity contribution is 5.99. The van der Waals surface area contributed by atoms with Crippen molar-refractivity contribution in [2.24, 2.45) is 0 Å². The third-order valence-corrected chi connectivity index (χ3v) is 5.67. The molecule has 0 atom stereocenters. The van der Waals surface area contributed by atoms with Crippen molar-refractivity contribution < 1.29 is 27.2 Å². The number of hydrogen-bond acceptors (Lipinski definition) is 2. The van der Waals surface area contributed by atoms with Gasteiger partial charge in [0.25, 0.3) is 5.91 Å². The normalized spacial score (nSPS) is 18.0. The van der Waals surface area contributed by atoms with E-state index in [0.717, 1.165) is 24.6 Å². The summed E-state index contributed by atoms with van der Waals surface area (Å²) in [7, 11) is 0. The fourth-order valence-electron chi connectivity index (χ4n) is 3.87. The summed E-state index contributed by atoms with van der Waals surface area (Å²) in [5.41, 5.74) is -1.32. The van der Waals surface area contributed by atoms with Gasteiger partial charge in [0, 0.05) is 18.8 Å². The summed E-state index contributed by atoms with van der Waals surface area (Å²) in [6, 6.07) is 8.30. The second kappa shape index (κ2) is 7.30. The monoisotopic (exact) mass is 421 g/mol. The average Bonchev–Trinajstić information content (AvgIpc) is 3.10. The first kappa shape index (κ1) is 20.2. The van der Waals surface area contributed by atoms with E-state index < -0.39 is 29.0 Å². The van der Waals surface area contributed by atoms with Gasteiger partial charge in [0.1, 0.15) is 5.82 Å². The van der Waals surface area contributed by atoms with E-state index in [1.54, 1.807) is 0 Å². The van der Waals surface area contributed by atoms with Gasteiger partial charge >= 0.3 is 12.2 Å². The van der Waals surface area contributed by atoms with Crippen LogP contribution in [0.2, 0.25) is 0 Å². The Hall–Kier alpha value is -3.10. The Morgan fingerprint density at radius 2 is 1.90 bits per heavy atom. The number of nitrogens with one attached hydrogen (secondary N) is 2. The minimum atomic E-state index is -4.50. The molecule has 4 rings (SSSR count). The van der Waals surface area contributed by atoms with Crippen molar-refractivity contribution in [2.75, 3.05) is 18.0 Å². The van der Waals surface area contributed by atoms with Crippen molar-refractivity contribution in [3.8, 4) is 0 Å². The maximum absolute atomic E-state index is 14.4. The second-order valence-electron chi connectivity index (χ2n) is 7.52. The zero-order valence-electron chi connectivity index (χ0n) is 15.9. The Bertz CT molecular complexity index is 1000. The molecule has 30 heavy (non-hydrogen) atoms. The number of halogens is 4. The molecule has 1 heterocycles. The highest BCUT2D eigenvalue weighted by atomic mass is 19.4. The minimum Gasteiger partial charge on any atom is -0.342 e. The van der Waals surface area contributed by atoms with Crippen LogP contribution in [0.4, 0.5) is 28.0 Å². The Morgan fingerprint density at radius 1 is 1.13 bits per heavy atom. The third-order valence-electron chi connectivity index (χ3n) is 5.67. The number of hydrogen-bond donors (Lipinski definition) is 2. The quantitative estimate of drug-likeness (QED) is 0.728. The first-order valence-electron chi connectivity index (χ1n) is 9.55. The molecule has 5 nitrogen and oxygen atoms in total. The first-order chi connectivity index (χ1) is 14.2. The van der Waals surface area contributed by atoms with Crippen LogP contribution in [0.15, 0.2) is 42.5 Å². The van der Waals surface area contributed by atoms with Crippen molar-refractivity contribution in [3.63, 3.8) is 0 Å². The molecule has 3 amide bonds. The molecule has 0 radical (unpaired) electrons. The molecule has 0 bridgehead atoms. The van der Waals surface area contributed by atoms with Crippen LogP contribution in [0, 0.1) is 5.82 Å². The molecule has 158 valence electrons. The van der Waals surface area contributed by atoms with Crippen LogP contribution >= 0.6 is 0 Å². The van der Waals surface area contributed by atoms with Crippen LogP contribution < -0.4 is 15.5 Å². The maximum Gasteiger partial charge on any atom is 0.416 e. The molecule has 2 fully saturated rings. The van der Waals surface area contributed by atoms with Gasteiger partial charge in [-0.1, -0.05) is 12.1 Å². The Morgan fingerprint density at radius 3 is 2.50 bits per heavy atom. The lowest BCUT2D eigenvalue weighted by Gasteiger charge is -2.43. The van der Waals surface area contributed by atoms with Crippen molar-refractivity contribution >= 4 is 17.6 Å². The van der Waals surface area contributed by atoms with E-state index in [4.69, 9.17) is 0 Å². The summed E-state index contributed by atoms with van der Waals surface area (Å²) < 4.78 is 53.7. The minimum absolute atomic E-state index is 0.259. The number of urea groups is 1. The van der Waals surface area contributed by atoms with Crippen molar-refractivity contribution in [1.29, 1.82) is 0 Å². The Balaban J connectivity index is 1.62. The van der Waals surface area contributed by atoms with Crippen molar-refractivity contribution in [2.45, 2.75) is 31.0 Å². The molecule has 1 saturated heterocycles. The zero-order valence-corrected chi connectivity index (χ0v) is 15.9. The predicted molar refractivity (Wildman–Crippen MR) is 102 cm³/mol. The lowest BCUT2D eigenvalue weighted by atomic mass is 9.71. The largest absolute Gasteiger partial charge is 0.416 e. The number of alkyl halides is 3. The fourth-order valence-corrected chi connectivity index (χ4v) is 3.87. The van der Waals surface area contributed by atoms with Crippen LogP contribution in [-0.2, 0) is 11.7 Å². The number of anilines is 1. The summed E-state index contributed by atoms with van der Waals surface area (Å²) in [4.78, 5) is 26.1. The molecule has 1 aliphatic carbocycles. The van der Waals surface area contributed by atoms with Gasteiger partial charge in [0.15, 0.2) is 0 Å². The van der Waals surface area contributed by atoms with Crippen LogP contribution in [-0.4, -0.2) is 25.0 Å². The van der Waals surface area contributed by atoms with E-state index in [1.165, 1.54) is 29.2 Å². The molecule has 2 aliphatic rings. The van der Waals surface area contributed by atoms with Gasteiger partial charge in [0.05, 0.1) is 16.7 Å². The number of rotatable bonds is 4. The lowest BCUT2D eigenvalue weighted by Crippen LogP contribution is -2.51. The van der Waals surface area contributed by atoms with E-state index in [0.29, 0.717) is 37.2 Å². The standard InChI is InChI=1S/C21H19F4N3O2/c22-17-6-5-15(28-10-9-26-19(28)30)12-16(17)18(29)27-20(7-2-8-20)13-3-1-4-14(11-13)21(23,24)25/h1,3-6,11-12H,2,7-10H2,(H,26,30)(H,27,29). The van der Waals surface area contributed by atoms with Crippen molar-refractivity contribution in [3.05, 3.63) is 65.0 Å². The Kier molecular flexibility index (Phi) is 4.91. The summed E-state index contributed by atoms with van der Waals surface area (Å²) >= 11 is 0. The van der Waals surface area contributed by atoms with Gasteiger partial charge in [-0.05, 0) is 55.2 Å². The first-order valence-corrected chi connectivity index (χ1v) is 9.55. The molecule has 2 aromatic carbocycles. The SMILES string of the molecule is O=C(NC1(c2cccc(C(F)(F)F)c2)CCC1)c1cc(N2CCNC2=O)ccc1F. The van der Waals surface area contributed by atoms with Gasteiger partial charge in [-0.3, -0.25) is 9.69 Å². The van der Waals surface area contributed by atoms with Crippen molar-refractivity contribution in [1.82, 2.24) is 10.6 Å². The molecular formula is C21H19F4N3O2. The summed E-state index contributed by atoms with van der Waals surface area (Å²) in [5.74, 6) is -1.50. The number of amides is 3. The topological polar surface area (TPSA) is 61.4 Å². The summed E-state index contributed by atoms with van der Waals surface area (Å²) in [5, 5.41) is 5.37. The zero-order chi connectivity index (χ0) is 21.5. The summed E-state index contributed by atoms with van der Waals surface area (Å²) in [6.07, 6.45) is -2.86. The van der Waals surface area contributed by atoms with Gasteiger partial charge < -0.3 is 10.6 Å². The van der Waals surface area contributed by atoms with Crippen LogP contribution in [0.25, 0.3) is 0 Å². The second-order valence-corrected chi connectivity index (χ2v) is 7.52. The molecular weight excluding hydrogens is 402 g/mol. The van der Waals surface area contributed by atoms with E-state index in [1.807, 2.05) is 0 Å². The number of carbonyl (C=O) groups excluding carboxylic acids is 2. The average molecular weight is 421 g/mol. The molecule has 9 heteroatoms. The lowest BCUT2D eigenvalue weighted by molar-refractivity contribution is -0.137.